The first kappa shape index (κ1) is 19.7. The fourth-order valence-corrected chi connectivity index (χ4v) is 2.91. The zero-order valence-electron chi connectivity index (χ0n) is 14.4. The first-order valence-electron chi connectivity index (χ1n) is 9.08. The van der Waals surface area contributed by atoms with Gasteiger partial charge in [0.25, 0.3) is 0 Å². The second kappa shape index (κ2) is 12.1. The van der Waals surface area contributed by atoms with Crippen LogP contribution in [-0.2, 0) is 4.79 Å². The molecule has 0 aromatic heterocycles. The Balaban J connectivity index is 2.28. The van der Waals surface area contributed by atoms with Crippen LogP contribution < -0.4 is 0 Å². The van der Waals surface area contributed by atoms with Crippen LogP contribution in [0.3, 0.4) is 0 Å². The SMILES string of the molecule is CCCCCCCC=C1C=CC(O)C1CC=CCCCC(=O)O. The van der Waals surface area contributed by atoms with Crippen molar-refractivity contribution in [3.8, 4) is 0 Å². The number of carbonyl (C=O) groups is 1. The van der Waals surface area contributed by atoms with Gasteiger partial charge in [-0.2, -0.15) is 0 Å². The first-order chi connectivity index (χ1) is 11.1. The zero-order chi connectivity index (χ0) is 16.9. The standard InChI is InChI=1S/C20H32O3/c1-2-3-4-5-6-9-12-17-15-16-19(21)18(17)13-10-7-8-11-14-20(22)23/h7,10,12,15-16,18-19,21H,2-6,8-9,11,13-14H2,1H3,(H,22,23). The topological polar surface area (TPSA) is 57.5 Å². The van der Waals surface area contributed by atoms with Crippen molar-refractivity contribution in [2.45, 2.75) is 77.2 Å². The second-order valence-electron chi connectivity index (χ2n) is 6.36. The van der Waals surface area contributed by atoms with E-state index in [0.29, 0.717) is 6.42 Å². The lowest BCUT2D eigenvalue weighted by atomic mass is 9.94. The summed E-state index contributed by atoms with van der Waals surface area (Å²) in [6.07, 6.45) is 20.0. The zero-order valence-corrected chi connectivity index (χ0v) is 14.4. The van der Waals surface area contributed by atoms with Crippen LogP contribution in [0.5, 0.6) is 0 Å². The van der Waals surface area contributed by atoms with Gasteiger partial charge in [-0.05, 0) is 37.7 Å². The highest BCUT2D eigenvalue weighted by Crippen LogP contribution is 2.29. The van der Waals surface area contributed by atoms with Crippen molar-refractivity contribution >= 4 is 5.97 Å². The maximum absolute atomic E-state index is 10.4. The van der Waals surface area contributed by atoms with Gasteiger partial charge in [-0.1, -0.05) is 63.0 Å². The molecule has 0 aromatic rings. The van der Waals surface area contributed by atoms with Gasteiger partial charge in [-0.15, -0.1) is 0 Å². The molecule has 0 aliphatic heterocycles. The molecule has 2 atom stereocenters. The predicted molar refractivity (Wildman–Crippen MR) is 95.3 cm³/mol. The first-order valence-corrected chi connectivity index (χ1v) is 9.08. The Bertz CT molecular complexity index is 421. The lowest BCUT2D eigenvalue weighted by Gasteiger charge is -2.14. The summed E-state index contributed by atoms with van der Waals surface area (Å²) in [6.45, 7) is 2.23. The van der Waals surface area contributed by atoms with Crippen molar-refractivity contribution < 1.29 is 15.0 Å². The Morgan fingerprint density at radius 1 is 1.13 bits per heavy atom. The van der Waals surface area contributed by atoms with Gasteiger partial charge in [0, 0.05) is 12.3 Å². The summed E-state index contributed by atoms with van der Waals surface area (Å²) in [5, 5.41) is 18.7. The molecule has 1 rings (SSSR count). The van der Waals surface area contributed by atoms with Gasteiger partial charge < -0.3 is 10.2 Å². The van der Waals surface area contributed by atoms with E-state index in [4.69, 9.17) is 5.11 Å². The Morgan fingerprint density at radius 2 is 1.91 bits per heavy atom. The molecule has 0 aromatic carbocycles. The van der Waals surface area contributed by atoms with E-state index in [2.05, 4.69) is 25.2 Å². The molecule has 3 heteroatoms. The number of aliphatic hydroxyl groups is 1. The van der Waals surface area contributed by atoms with Crippen molar-refractivity contribution in [1.82, 2.24) is 0 Å². The smallest absolute Gasteiger partial charge is 0.303 e. The molecule has 0 saturated carbocycles. The van der Waals surface area contributed by atoms with Gasteiger partial charge in [0.1, 0.15) is 0 Å². The number of carboxylic acid groups (broad SMARTS) is 1. The molecule has 0 radical (unpaired) electrons. The Kier molecular flexibility index (Phi) is 10.4. The summed E-state index contributed by atoms with van der Waals surface area (Å²) < 4.78 is 0. The van der Waals surface area contributed by atoms with Crippen LogP contribution in [0.15, 0.2) is 36.0 Å². The Labute approximate surface area is 140 Å². The summed E-state index contributed by atoms with van der Waals surface area (Å²) in [7, 11) is 0. The van der Waals surface area contributed by atoms with Crippen molar-refractivity contribution in [3.05, 3.63) is 36.0 Å². The molecule has 1 aliphatic carbocycles. The lowest BCUT2D eigenvalue weighted by Crippen LogP contribution is -2.13. The molecule has 2 unspecified atom stereocenters. The van der Waals surface area contributed by atoms with E-state index in [1.165, 1.54) is 37.7 Å². The minimum Gasteiger partial charge on any atom is -0.481 e. The average Bonchev–Trinajstić information content (AvgIpc) is 2.86. The normalized spacial score (nSPS) is 22.4. The molecule has 0 bridgehead atoms. The molecule has 0 amide bonds. The van der Waals surface area contributed by atoms with E-state index in [9.17, 15) is 9.90 Å². The maximum atomic E-state index is 10.4. The highest BCUT2D eigenvalue weighted by Gasteiger charge is 2.23. The summed E-state index contributed by atoms with van der Waals surface area (Å²) in [4.78, 5) is 10.4. The molecular weight excluding hydrogens is 288 g/mol. The Hall–Kier alpha value is -1.35. The van der Waals surface area contributed by atoms with Crippen LogP contribution in [-0.4, -0.2) is 22.3 Å². The second-order valence-corrected chi connectivity index (χ2v) is 6.36. The largest absolute Gasteiger partial charge is 0.481 e. The minimum atomic E-state index is -0.738. The van der Waals surface area contributed by atoms with E-state index >= 15 is 0 Å². The Morgan fingerprint density at radius 3 is 2.65 bits per heavy atom. The van der Waals surface area contributed by atoms with Crippen LogP contribution in [0.25, 0.3) is 0 Å². The average molecular weight is 320 g/mol. The molecule has 0 saturated heterocycles. The maximum Gasteiger partial charge on any atom is 0.303 e. The van der Waals surface area contributed by atoms with Gasteiger partial charge in [-0.3, -0.25) is 4.79 Å². The summed E-state index contributed by atoms with van der Waals surface area (Å²) in [5.41, 5.74) is 1.25. The quantitative estimate of drug-likeness (QED) is 0.392. The molecule has 130 valence electrons. The van der Waals surface area contributed by atoms with Gasteiger partial charge >= 0.3 is 5.97 Å². The molecular formula is C20H32O3. The predicted octanol–water partition coefficient (Wildman–Crippen LogP) is 5.02. The summed E-state index contributed by atoms with van der Waals surface area (Å²) in [6, 6.07) is 0. The lowest BCUT2D eigenvalue weighted by molar-refractivity contribution is -0.137. The summed E-state index contributed by atoms with van der Waals surface area (Å²) >= 11 is 0. The minimum absolute atomic E-state index is 0.168. The number of carboxylic acids is 1. The third kappa shape index (κ3) is 8.75. The number of rotatable bonds is 12. The number of aliphatic carboxylic acids is 1. The van der Waals surface area contributed by atoms with Crippen LogP contribution >= 0.6 is 0 Å². The molecule has 0 heterocycles. The van der Waals surface area contributed by atoms with E-state index < -0.39 is 5.97 Å². The molecule has 3 nitrogen and oxygen atoms in total. The highest BCUT2D eigenvalue weighted by atomic mass is 16.4. The molecule has 1 aliphatic rings. The van der Waals surface area contributed by atoms with E-state index in [1.54, 1.807) is 0 Å². The third-order valence-corrected chi connectivity index (χ3v) is 4.33. The number of allylic oxidation sites excluding steroid dienone is 4. The molecule has 0 fully saturated rings. The van der Waals surface area contributed by atoms with Gasteiger partial charge in [0.05, 0.1) is 6.10 Å². The van der Waals surface area contributed by atoms with Crippen molar-refractivity contribution in [2.75, 3.05) is 0 Å². The van der Waals surface area contributed by atoms with Gasteiger partial charge in [0.15, 0.2) is 0 Å². The van der Waals surface area contributed by atoms with Crippen LogP contribution in [0, 0.1) is 5.92 Å². The number of aliphatic hydroxyl groups excluding tert-OH is 1. The monoisotopic (exact) mass is 320 g/mol. The fraction of sp³-hybridized carbons (Fsp3) is 0.650. The van der Waals surface area contributed by atoms with Crippen molar-refractivity contribution in [2.24, 2.45) is 5.92 Å². The summed E-state index contributed by atoms with van der Waals surface area (Å²) in [5.74, 6) is -0.570. The molecule has 0 spiro atoms. The number of hydrogen-bond donors (Lipinski definition) is 2. The van der Waals surface area contributed by atoms with Crippen molar-refractivity contribution in [1.29, 1.82) is 0 Å². The number of hydrogen-bond acceptors (Lipinski definition) is 2. The van der Waals surface area contributed by atoms with Crippen LogP contribution in [0.2, 0.25) is 0 Å². The number of unbranched alkanes of at least 4 members (excludes halogenated alkanes) is 6. The van der Waals surface area contributed by atoms with E-state index in [1.807, 2.05) is 12.2 Å². The van der Waals surface area contributed by atoms with Gasteiger partial charge in [-0.25, -0.2) is 0 Å². The van der Waals surface area contributed by atoms with Crippen LogP contribution in [0.4, 0.5) is 0 Å². The van der Waals surface area contributed by atoms with Gasteiger partial charge in [0.2, 0.25) is 0 Å². The third-order valence-electron chi connectivity index (χ3n) is 4.33. The molecule has 23 heavy (non-hydrogen) atoms. The molecule has 2 N–H and O–H groups in total. The van der Waals surface area contributed by atoms with Crippen LogP contribution in [0.1, 0.15) is 71.1 Å². The van der Waals surface area contributed by atoms with Crippen molar-refractivity contribution in [3.63, 3.8) is 0 Å². The van der Waals surface area contributed by atoms with E-state index in [0.717, 1.165) is 19.3 Å². The fourth-order valence-electron chi connectivity index (χ4n) is 2.91. The van der Waals surface area contributed by atoms with E-state index in [-0.39, 0.29) is 18.4 Å². The highest BCUT2D eigenvalue weighted by molar-refractivity contribution is 5.66.